The maximum absolute atomic E-state index is 12.0. The molecule has 5 nitrogen and oxygen atoms in total. The topological polar surface area (TPSA) is 94.9 Å². The number of thiophene rings is 1. The van der Waals surface area contributed by atoms with Gasteiger partial charge in [0.15, 0.2) is 0 Å². The van der Waals surface area contributed by atoms with Gasteiger partial charge in [-0.3, -0.25) is 4.79 Å². The molecule has 3 heterocycles. The molecule has 0 saturated carbocycles. The van der Waals surface area contributed by atoms with Gasteiger partial charge >= 0.3 is 0 Å². The van der Waals surface area contributed by atoms with Crippen LogP contribution < -0.4 is 11.5 Å². The average Bonchev–Trinajstić information content (AvgIpc) is 3.02. The van der Waals surface area contributed by atoms with Crippen LogP contribution in [0.25, 0.3) is 11.3 Å². The molecule has 0 unspecified atom stereocenters. The fraction of sp³-hybridized carbons (Fsp3) is 0.250. The van der Waals surface area contributed by atoms with Crippen molar-refractivity contribution >= 4 is 35.0 Å². The molecule has 0 bridgehead atoms. The third kappa shape index (κ3) is 3.57. The number of aryl methyl sites for hydroxylation is 2. The van der Waals surface area contributed by atoms with Crippen LogP contribution >= 0.6 is 23.1 Å². The maximum atomic E-state index is 12.0. The third-order valence-corrected chi connectivity index (χ3v) is 7.16. The van der Waals surface area contributed by atoms with Gasteiger partial charge in [0.1, 0.15) is 0 Å². The summed E-state index contributed by atoms with van der Waals surface area (Å²) in [5.41, 5.74) is 18.0. The summed E-state index contributed by atoms with van der Waals surface area (Å²) in [5, 5.41) is 0. The summed E-state index contributed by atoms with van der Waals surface area (Å²) in [4.78, 5) is 22.3. The maximum Gasteiger partial charge on any atom is 0.259 e. The van der Waals surface area contributed by atoms with E-state index in [1.54, 1.807) is 17.5 Å². The normalized spacial score (nSPS) is 13.4. The molecule has 27 heavy (non-hydrogen) atoms. The van der Waals surface area contributed by atoms with Crippen molar-refractivity contribution in [3.05, 3.63) is 62.5 Å². The molecule has 1 aromatic carbocycles. The minimum Gasteiger partial charge on any atom is -0.368 e. The largest absolute Gasteiger partial charge is 0.368 e. The predicted octanol–water partition coefficient (Wildman–Crippen LogP) is 3.57. The van der Waals surface area contributed by atoms with E-state index in [4.69, 9.17) is 11.5 Å². The Morgan fingerprint density at radius 3 is 2.89 bits per heavy atom. The zero-order chi connectivity index (χ0) is 19.0. The fourth-order valence-corrected chi connectivity index (χ4v) is 5.88. The van der Waals surface area contributed by atoms with E-state index >= 15 is 0 Å². The first-order valence-electron chi connectivity index (χ1n) is 8.72. The molecular weight excluding hydrogens is 376 g/mol. The molecule has 4 N–H and O–H groups in total. The zero-order valence-corrected chi connectivity index (χ0v) is 16.6. The number of hydrogen-bond donors (Lipinski definition) is 2. The Bertz CT molecular complexity index is 1030. The number of nitrogen functional groups attached to an aromatic ring is 1. The number of primary amides is 1. The van der Waals surface area contributed by atoms with Crippen molar-refractivity contribution < 1.29 is 4.79 Å². The molecule has 1 amide bonds. The van der Waals surface area contributed by atoms with Gasteiger partial charge < -0.3 is 11.5 Å². The molecule has 2 aromatic heterocycles. The van der Waals surface area contributed by atoms with Gasteiger partial charge in [0, 0.05) is 22.4 Å². The van der Waals surface area contributed by atoms with E-state index in [-0.39, 0.29) is 11.9 Å². The summed E-state index contributed by atoms with van der Waals surface area (Å²) < 4.78 is 0. The van der Waals surface area contributed by atoms with E-state index in [2.05, 4.69) is 29.0 Å². The second kappa shape index (κ2) is 7.32. The lowest BCUT2D eigenvalue weighted by molar-refractivity contribution is 0.100. The number of amides is 1. The van der Waals surface area contributed by atoms with Crippen LogP contribution in [0, 0.1) is 6.92 Å². The smallest absolute Gasteiger partial charge is 0.259 e. The zero-order valence-electron chi connectivity index (χ0n) is 15.0. The van der Waals surface area contributed by atoms with Gasteiger partial charge in [0.05, 0.1) is 10.6 Å². The Morgan fingerprint density at radius 1 is 1.30 bits per heavy atom. The molecule has 4 rings (SSSR count). The van der Waals surface area contributed by atoms with Crippen LogP contribution in [0.5, 0.6) is 0 Å². The van der Waals surface area contributed by atoms with Crippen molar-refractivity contribution in [2.45, 2.75) is 25.5 Å². The van der Waals surface area contributed by atoms with Gasteiger partial charge in [-0.15, -0.1) is 11.3 Å². The van der Waals surface area contributed by atoms with E-state index in [0.717, 1.165) is 51.6 Å². The molecule has 138 valence electrons. The quantitative estimate of drug-likeness (QED) is 0.703. The summed E-state index contributed by atoms with van der Waals surface area (Å²) in [5.74, 6) is 2.02. The number of thioether (sulfide) groups is 1. The molecule has 0 fully saturated rings. The minimum absolute atomic E-state index is 0.266. The Balaban J connectivity index is 1.70. The van der Waals surface area contributed by atoms with E-state index in [0.29, 0.717) is 0 Å². The monoisotopic (exact) mass is 396 g/mol. The van der Waals surface area contributed by atoms with Crippen LogP contribution in [-0.4, -0.2) is 21.6 Å². The number of anilines is 1. The van der Waals surface area contributed by atoms with E-state index < -0.39 is 0 Å². The SMILES string of the molecule is Cc1cc(-c2ccnc(N)n2)ccc1Cc1c(C(N)=O)sc2c1CSCC2. The second-order valence-electron chi connectivity index (χ2n) is 6.60. The summed E-state index contributed by atoms with van der Waals surface area (Å²) in [6, 6.07) is 8.10. The van der Waals surface area contributed by atoms with Crippen molar-refractivity contribution in [3.8, 4) is 11.3 Å². The number of carbonyl (C=O) groups is 1. The summed E-state index contributed by atoms with van der Waals surface area (Å²) in [7, 11) is 0. The highest BCUT2D eigenvalue weighted by Crippen LogP contribution is 2.37. The number of nitrogens with zero attached hydrogens (tertiary/aromatic N) is 2. The van der Waals surface area contributed by atoms with Crippen LogP contribution in [-0.2, 0) is 18.6 Å². The molecule has 0 atom stereocenters. The highest BCUT2D eigenvalue weighted by molar-refractivity contribution is 7.98. The molecule has 0 spiro atoms. The number of aromatic nitrogens is 2. The number of fused-ring (bicyclic) bond motifs is 1. The first-order chi connectivity index (χ1) is 13.0. The van der Waals surface area contributed by atoms with Crippen molar-refractivity contribution in [1.29, 1.82) is 0 Å². The lowest BCUT2D eigenvalue weighted by Gasteiger charge is -2.14. The first-order valence-corrected chi connectivity index (χ1v) is 10.7. The first kappa shape index (κ1) is 18.0. The molecule has 7 heteroatoms. The Morgan fingerprint density at radius 2 is 2.15 bits per heavy atom. The van der Waals surface area contributed by atoms with Crippen LogP contribution in [0.3, 0.4) is 0 Å². The van der Waals surface area contributed by atoms with Crippen molar-refractivity contribution in [1.82, 2.24) is 9.97 Å². The number of rotatable bonds is 4. The number of carbonyl (C=O) groups excluding carboxylic acids is 1. The lowest BCUT2D eigenvalue weighted by Crippen LogP contribution is -2.12. The summed E-state index contributed by atoms with van der Waals surface area (Å²) in [6.07, 6.45) is 3.41. The summed E-state index contributed by atoms with van der Waals surface area (Å²) >= 11 is 3.50. The predicted molar refractivity (Wildman–Crippen MR) is 112 cm³/mol. The highest BCUT2D eigenvalue weighted by Gasteiger charge is 2.24. The van der Waals surface area contributed by atoms with E-state index in [1.165, 1.54) is 16.0 Å². The Labute approximate surface area is 166 Å². The van der Waals surface area contributed by atoms with Crippen LogP contribution in [0.1, 0.15) is 36.8 Å². The molecule has 3 aromatic rings. The van der Waals surface area contributed by atoms with Gasteiger partial charge in [-0.2, -0.15) is 11.8 Å². The lowest BCUT2D eigenvalue weighted by atomic mass is 9.95. The fourth-order valence-electron chi connectivity index (χ4n) is 3.42. The van der Waals surface area contributed by atoms with Crippen LogP contribution in [0.2, 0.25) is 0 Å². The highest BCUT2D eigenvalue weighted by atomic mass is 32.2. The van der Waals surface area contributed by atoms with Crippen molar-refractivity contribution in [2.24, 2.45) is 5.73 Å². The average molecular weight is 397 g/mol. The Hall–Kier alpha value is -2.38. The van der Waals surface area contributed by atoms with Gasteiger partial charge in [0.25, 0.3) is 5.91 Å². The van der Waals surface area contributed by atoms with Gasteiger partial charge in [-0.05, 0) is 59.9 Å². The molecular formula is C20H20N4OS2. The van der Waals surface area contributed by atoms with Crippen LogP contribution in [0.15, 0.2) is 30.5 Å². The van der Waals surface area contributed by atoms with Gasteiger partial charge in [-0.1, -0.05) is 12.1 Å². The molecule has 1 aliphatic rings. The Kier molecular flexibility index (Phi) is 4.88. The number of hydrogen-bond acceptors (Lipinski definition) is 6. The second-order valence-corrected chi connectivity index (χ2v) is 8.81. The van der Waals surface area contributed by atoms with E-state index in [9.17, 15) is 4.79 Å². The molecule has 0 saturated heterocycles. The standard InChI is InChI=1S/C20H20N4OS2/c1-11-8-13(16-4-6-23-20(22)24-16)3-2-12(11)9-14-15-10-26-7-5-17(15)27-18(14)19(21)25/h2-4,6,8H,5,7,9-10H2,1H3,(H2,21,25)(H2,22,23,24). The van der Waals surface area contributed by atoms with Gasteiger partial charge in [0.2, 0.25) is 5.95 Å². The molecule has 0 aliphatic carbocycles. The third-order valence-electron chi connectivity index (χ3n) is 4.82. The minimum atomic E-state index is -0.319. The number of nitrogens with two attached hydrogens (primary N) is 2. The van der Waals surface area contributed by atoms with Crippen molar-refractivity contribution in [3.63, 3.8) is 0 Å². The van der Waals surface area contributed by atoms with Crippen molar-refractivity contribution in [2.75, 3.05) is 11.5 Å². The number of benzene rings is 1. The molecule has 1 aliphatic heterocycles. The van der Waals surface area contributed by atoms with Gasteiger partial charge in [-0.25, -0.2) is 9.97 Å². The van der Waals surface area contributed by atoms with E-state index in [1.807, 2.05) is 23.9 Å². The molecule has 0 radical (unpaired) electrons. The summed E-state index contributed by atoms with van der Waals surface area (Å²) in [6.45, 7) is 2.08. The van der Waals surface area contributed by atoms with Crippen LogP contribution in [0.4, 0.5) is 5.95 Å².